The maximum absolute atomic E-state index is 5.44. The molecule has 3 rings (SSSR count). The fourth-order valence-corrected chi connectivity index (χ4v) is 6.76. The number of halogens is 2. The summed E-state index contributed by atoms with van der Waals surface area (Å²) in [5.41, 5.74) is 2.33. The van der Waals surface area contributed by atoms with Gasteiger partial charge in [0.05, 0.1) is 5.69 Å². The van der Waals surface area contributed by atoms with Crippen molar-refractivity contribution in [2.45, 2.75) is 20.3 Å². The second-order valence-electron chi connectivity index (χ2n) is 6.89. The van der Waals surface area contributed by atoms with Crippen molar-refractivity contribution in [2.75, 3.05) is 19.3 Å². The van der Waals surface area contributed by atoms with Gasteiger partial charge in [-0.3, -0.25) is 4.74 Å². The van der Waals surface area contributed by atoms with Crippen molar-refractivity contribution in [1.29, 1.82) is 0 Å². The van der Waals surface area contributed by atoms with Crippen molar-refractivity contribution in [1.82, 2.24) is 5.32 Å². The first-order valence-electron chi connectivity index (χ1n) is 9.98. The molecule has 0 aromatic heterocycles. The standard InChI is InChI=1S/C24H29N2P.2ClH.Pd/c1-3-18-25-19-20-27(23-10-6-4-7-11-23,24-12-8-5-9-13-24)26-22-16-14-21(2)15-17-22;;;/h4-17,25H,3,18-20H2,1-2H3;2*1H;/q;;;+2/p-2. The van der Waals surface area contributed by atoms with Crippen LogP contribution in [0.5, 0.6) is 0 Å². The van der Waals surface area contributed by atoms with E-state index in [1.165, 1.54) is 16.2 Å². The number of rotatable bonds is 8. The van der Waals surface area contributed by atoms with E-state index < -0.39 is 7.05 Å². The number of hydrogen-bond acceptors (Lipinski definition) is 2. The van der Waals surface area contributed by atoms with Gasteiger partial charge < -0.3 is 5.32 Å². The van der Waals surface area contributed by atoms with Crippen LogP contribution in [0.15, 0.2) is 89.7 Å². The van der Waals surface area contributed by atoms with Crippen molar-refractivity contribution in [3.05, 3.63) is 90.5 Å². The minimum atomic E-state index is -1.92. The predicted molar refractivity (Wildman–Crippen MR) is 132 cm³/mol. The van der Waals surface area contributed by atoms with Gasteiger partial charge in [0, 0.05) is 19.8 Å². The molecule has 0 atom stereocenters. The third-order valence-corrected chi connectivity index (χ3v) is 8.47. The molecule has 164 valence electrons. The molecule has 0 radical (unpaired) electrons. The van der Waals surface area contributed by atoms with Gasteiger partial charge in [0.1, 0.15) is 0 Å². The second-order valence-corrected chi connectivity index (χ2v) is 12.5. The van der Waals surface area contributed by atoms with Crippen LogP contribution in [0.25, 0.3) is 0 Å². The van der Waals surface area contributed by atoms with Crippen LogP contribution in [-0.2, 0) is 15.9 Å². The molecule has 0 aliphatic rings. The first-order chi connectivity index (χ1) is 14.7. The zero-order valence-corrected chi connectivity index (χ0v) is 21.3. The van der Waals surface area contributed by atoms with E-state index >= 15 is 0 Å². The van der Waals surface area contributed by atoms with Gasteiger partial charge in [-0.15, -0.1) is 0 Å². The van der Waals surface area contributed by atoms with Gasteiger partial charge in [0.2, 0.25) is 0 Å². The molecule has 2 nitrogen and oxygen atoms in total. The van der Waals surface area contributed by atoms with E-state index in [4.69, 9.17) is 23.8 Å². The molecule has 1 N–H and O–H groups in total. The van der Waals surface area contributed by atoms with Gasteiger partial charge in [-0.1, -0.05) is 85.3 Å². The first-order valence-corrected chi connectivity index (χ1v) is 15.9. The molecule has 0 fully saturated rings. The summed E-state index contributed by atoms with van der Waals surface area (Å²) in [4.78, 5) is 0. The molecule has 0 bridgehead atoms. The van der Waals surface area contributed by atoms with Gasteiger partial charge in [-0.05, 0) is 42.6 Å². The van der Waals surface area contributed by atoms with Crippen LogP contribution in [0.2, 0.25) is 0 Å². The zero-order valence-electron chi connectivity index (χ0n) is 17.4. The Balaban J connectivity index is 0.00000101. The molecule has 0 spiro atoms. The molecule has 0 aliphatic heterocycles. The summed E-state index contributed by atoms with van der Waals surface area (Å²) in [5.74, 6) is 0. The normalized spacial score (nSPS) is 10.9. The molecule has 0 aliphatic carbocycles. The Bertz CT molecular complexity index is 860. The van der Waals surface area contributed by atoms with Gasteiger partial charge in [-0.25, -0.2) is 0 Å². The fourth-order valence-electron chi connectivity index (χ4n) is 3.27. The van der Waals surface area contributed by atoms with Crippen molar-refractivity contribution < 1.29 is 15.9 Å². The number of benzene rings is 3. The van der Waals surface area contributed by atoms with Crippen molar-refractivity contribution in [3.8, 4) is 0 Å². The van der Waals surface area contributed by atoms with E-state index in [2.05, 4.69) is 104 Å². The zero-order chi connectivity index (χ0) is 21.7. The van der Waals surface area contributed by atoms with E-state index in [1.807, 2.05) is 0 Å². The predicted octanol–water partition coefficient (Wildman–Crippen LogP) is 6.85. The quantitative estimate of drug-likeness (QED) is 0.184. The summed E-state index contributed by atoms with van der Waals surface area (Å²) in [5, 5.41) is 6.28. The first kappa shape index (κ1) is 25.4. The molecular weight excluding hydrogens is 525 g/mol. The van der Waals surface area contributed by atoms with E-state index in [0.29, 0.717) is 0 Å². The summed E-state index contributed by atoms with van der Waals surface area (Å²) in [6.45, 7) is 6.35. The molecule has 3 aromatic rings. The molecule has 6 heteroatoms. The molecular formula is C24H29Cl2N2PPd. The van der Waals surface area contributed by atoms with Gasteiger partial charge in [0.25, 0.3) is 0 Å². The number of aryl methyl sites for hydroxylation is 1. The Labute approximate surface area is 197 Å². The van der Waals surface area contributed by atoms with Crippen LogP contribution < -0.4 is 15.9 Å². The average molecular weight is 554 g/mol. The van der Waals surface area contributed by atoms with Crippen LogP contribution >= 0.6 is 26.1 Å². The number of hydrogen-bond donors (Lipinski definition) is 1. The summed E-state index contributed by atoms with van der Waals surface area (Å²) in [7, 11) is 7.71. The molecule has 0 amide bonds. The van der Waals surface area contributed by atoms with E-state index in [-0.39, 0.29) is 15.9 Å². The van der Waals surface area contributed by atoms with Gasteiger partial charge in [0.15, 0.2) is 0 Å². The molecule has 0 saturated carbocycles. The SMILES string of the molecule is CCCNCCP(=Nc1ccc(C)cc1)(c1ccccc1)c1ccccc1.[Cl][Pd][Cl]. The Hall–Kier alpha value is -0.908. The van der Waals surface area contributed by atoms with E-state index in [1.54, 1.807) is 0 Å². The number of nitrogens with one attached hydrogen (secondary N) is 1. The summed E-state index contributed by atoms with van der Waals surface area (Å²) < 4.78 is 5.44. The monoisotopic (exact) mass is 552 g/mol. The van der Waals surface area contributed by atoms with Crippen molar-refractivity contribution in [3.63, 3.8) is 0 Å². The second kappa shape index (κ2) is 14.2. The molecule has 30 heavy (non-hydrogen) atoms. The Kier molecular flexibility index (Phi) is 12.0. The van der Waals surface area contributed by atoms with Crippen LogP contribution in [0, 0.1) is 6.92 Å². The van der Waals surface area contributed by atoms with Crippen LogP contribution in [0.1, 0.15) is 18.9 Å². The molecule has 3 aromatic carbocycles. The summed E-state index contributed by atoms with van der Waals surface area (Å²) in [6, 6.07) is 30.3. The molecule has 0 unspecified atom stereocenters. The fraction of sp³-hybridized carbons (Fsp3) is 0.250. The molecule has 0 saturated heterocycles. The third kappa shape index (κ3) is 7.65. The Morgan fingerprint density at radius 2 is 1.30 bits per heavy atom. The Morgan fingerprint density at radius 1 is 0.800 bits per heavy atom. The van der Waals surface area contributed by atoms with E-state index in [0.717, 1.165) is 31.4 Å². The van der Waals surface area contributed by atoms with Crippen molar-refractivity contribution >= 4 is 42.4 Å². The van der Waals surface area contributed by atoms with Gasteiger partial charge >= 0.3 is 35.0 Å². The maximum atomic E-state index is 5.44. The van der Waals surface area contributed by atoms with Crippen molar-refractivity contribution in [2.24, 2.45) is 4.74 Å². The third-order valence-electron chi connectivity index (χ3n) is 4.73. The summed E-state index contributed by atoms with van der Waals surface area (Å²) >= 11 is -0.106. The van der Waals surface area contributed by atoms with Crippen LogP contribution in [0.3, 0.4) is 0 Å². The van der Waals surface area contributed by atoms with Crippen LogP contribution in [0.4, 0.5) is 5.69 Å². The van der Waals surface area contributed by atoms with Crippen LogP contribution in [-0.4, -0.2) is 19.3 Å². The Morgan fingerprint density at radius 3 is 1.77 bits per heavy atom. The van der Waals surface area contributed by atoms with E-state index in [9.17, 15) is 0 Å². The number of nitrogens with zero attached hydrogens (tertiary/aromatic N) is 1. The minimum absolute atomic E-state index is 0.106. The summed E-state index contributed by atoms with van der Waals surface area (Å²) in [6.07, 6.45) is 2.17. The van der Waals surface area contributed by atoms with Gasteiger partial charge in [-0.2, -0.15) is 0 Å². The topological polar surface area (TPSA) is 24.4 Å². The molecule has 0 heterocycles. The average Bonchev–Trinajstić information content (AvgIpc) is 2.79.